The molecule has 0 fully saturated rings. The summed E-state index contributed by atoms with van der Waals surface area (Å²) in [5, 5.41) is 21.0. The van der Waals surface area contributed by atoms with Crippen LogP contribution in [0.3, 0.4) is 0 Å². The molecule has 7 heterocycles. The van der Waals surface area contributed by atoms with Crippen molar-refractivity contribution in [3.8, 4) is 21.9 Å². The van der Waals surface area contributed by atoms with Crippen molar-refractivity contribution in [3.05, 3.63) is 133 Å². The van der Waals surface area contributed by atoms with Crippen LogP contribution in [0.1, 0.15) is 75.8 Å². The summed E-state index contributed by atoms with van der Waals surface area (Å²) in [7, 11) is 1.58. The Labute approximate surface area is 393 Å². The maximum atomic E-state index is 14.4. The normalized spacial score (nSPS) is 13.9. The summed E-state index contributed by atoms with van der Waals surface area (Å²) in [6.45, 7) is 12.2. The van der Waals surface area contributed by atoms with E-state index in [-0.39, 0.29) is 51.1 Å². The highest BCUT2D eigenvalue weighted by Crippen LogP contribution is 2.41. The minimum Gasteiger partial charge on any atom is -0.496 e. The fourth-order valence-electron chi connectivity index (χ4n) is 8.68. The molecule has 1 aliphatic rings. The average molecular weight is 943 g/mol. The molecule has 0 aliphatic carbocycles. The minimum absolute atomic E-state index is 0.0387. The van der Waals surface area contributed by atoms with Gasteiger partial charge in [-0.15, -0.1) is 21.5 Å². The van der Waals surface area contributed by atoms with Gasteiger partial charge >= 0.3 is 5.69 Å². The quantitative estimate of drug-likeness (QED) is 0.0996. The molecule has 0 radical (unpaired) electrons. The summed E-state index contributed by atoms with van der Waals surface area (Å²) < 4.78 is 22.2. The lowest BCUT2D eigenvalue weighted by Crippen LogP contribution is -2.35. The largest absolute Gasteiger partial charge is 0.496 e. The number of halogens is 1. The lowest BCUT2D eigenvalue weighted by atomic mass is 9.99. The van der Waals surface area contributed by atoms with E-state index >= 15 is 0 Å². The summed E-state index contributed by atoms with van der Waals surface area (Å²) in [6.07, 6.45) is 3.33. The highest BCUT2D eigenvalue weighted by Gasteiger charge is 2.33. The first-order valence-electron chi connectivity index (χ1n) is 21.8. The zero-order valence-corrected chi connectivity index (χ0v) is 39.6. The van der Waals surface area contributed by atoms with Gasteiger partial charge in [0, 0.05) is 51.3 Å². The van der Waals surface area contributed by atoms with Crippen LogP contribution in [0.15, 0.2) is 81.3 Å². The first-order valence-corrected chi connectivity index (χ1v) is 23.0. The molecule has 6 aromatic heterocycles. The summed E-state index contributed by atoms with van der Waals surface area (Å²) in [6, 6.07) is 15.7. The molecule has 2 amide bonds. The molecule has 8 aromatic rings. The third-order valence-electron chi connectivity index (χ3n) is 12.1. The number of thiophene rings is 1. The molecule has 1 aliphatic heterocycles. The third kappa shape index (κ3) is 8.51. The summed E-state index contributed by atoms with van der Waals surface area (Å²) >= 11 is 7.90. The SMILES string of the molecule is COc1cc2c(cc1-c1c(C)noc1C)ncc1c2n(C(C)c2ccccn2)c(=O)n1CC(=O)NCCOCCNC(=O)C[C@@H]1N=C(c2ccc(Cl)cc2)c2c(sc(C)c2C)-n2c(C)nnc21. The second-order valence-corrected chi connectivity index (χ2v) is 18.0. The van der Waals surface area contributed by atoms with E-state index in [2.05, 4.69) is 44.8 Å². The Bertz CT molecular complexity index is 3260. The van der Waals surface area contributed by atoms with E-state index in [1.165, 1.54) is 4.57 Å². The number of carbonyl (C=O) groups is 2. The number of aliphatic imine (C=N–C) groups is 1. The number of carbonyl (C=O) groups excluding carboxylic acids is 2. The minimum atomic E-state index is -0.605. The van der Waals surface area contributed by atoms with Gasteiger partial charge in [-0.1, -0.05) is 35.0 Å². The van der Waals surface area contributed by atoms with Crippen LogP contribution in [0.4, 0.5) is 0 Å². The van der Waals surface area contributed by atoms with Crippen LogP contribution in [-0.2, 0) is 20.9 Å². The van der Waals surface area contributed by atoms with E-state index in [0.717, 1.165) is 43.4 Å². The van der Waals surface area contributed by atoms with Gasteiger partial charge in [0.2, 0.25) is 11.8 Å². The number of benzene rings is 2. The lowest BCUT2D eigenvalue weighted by Gasteiger charge is -2.15. The molecule has 2 N–H and O–H groups in total. The monoisotopic (exact) mass is 941 g/mol. The molecular formula is C48H48ClN11O6S. The average Bonchev–Trinajstić information content (AvgIpc) is 4.02. The number of fused-ring (bicyclic) bond motifs is 6. The number of hydrogen-bond acceptors (Lipinski definition) is 13. The van der Waals surface area contributed by atoms with Gasteiger partial charge in [0.15, 0.2) is 5.82 Å². The maximum absolute atomic E-state index is 14.4. The smallest absolute Gasteiger partial charge is 0.330 e. The maximum Gasteiger partial charge on any atom is 0.330 e. The highest BCUT2D eigenvalue weighted by molar-refractivity contribution is 7.15. The number of nitrogens with zero attached hydrogens (tertiary/aromatic N) is 9. The van der Waals surface area contributed by atoms with Crippen molar-refractivity contribution in [2.24, 2.45) is 4.99 Å². The molecule has 0 saturated heterocycles. The molecule has 9 rings (SSSR count). The molecule has 0 bridgehead atoms. The van der Waals surface area contributed by atoms with Crippen LogP contribution in [0, 0.1) is 34.6 Å². The van der Waals surface area contributed by atoms with Crippen molar-refractivity contribution in [1.82, 2.24) is 49.7 Å². The van der Waals surface area contributed by atoms with Gasteiger partial charge in [-0.05, 0) is 83.5 Å². The van der Waals surface area contributed by atoms with Crippen LogP contribution in [-0.4, -0.2) is 90.0 Å². The topological polar surface area (TPSA) is 198 Å². The zero-order chi connectivity index (χ0) is 47.1. The van der Waals surface area contributed by atoms with Crippen molar-refractivity contribution in [2.75, 3.05) is 33.4 Å². The van der Waals surface area contributed by atoms with Crippen molar-refractivity contribution in [2.45, 2.75) is 66.6 Å². The number of imidazole rings is 1. The summed E-state index contributed by atoms with van der Waals surface area (Å²) in [5.74, 6) is 1.87. The number of nitrogens with one attached hydrogen (secondary N) is 2. The number of pyridine rings is 2. The van der Waals surface area contributed by atoms with Gasteiger partial charge in [0.25, 0.3) is 0 Å². The first kappa shape index (κ1) is 45.1. The molecule has 19 heteroatoms. The summed E-state index contributed by atoms with van der Waals surface area (Å²) in [5.41, 5.74) is 7.97. The van der Waals surface area contributed by atoms with Gasteiger partial charge in [0.1, 0.15) is 34.9 Å². The third-order valence-corrected chi connectivity index (χ3v) is 13.5. The number of methoxy groups -OCH3 is 1. The van der Waals surface area contributed by atoms with Crippen molar-refractivity contribution in [1.29, 1.82) is 0 Å². The predicted molar refractivity (Wildman–Crippen MR) is 256 cm³/mol. The van der Waals surface area contributed by atoms with E-state index in [0.29, 0.717) is 61.5 Å². The fourth-order valence-corrected chi connectivity index (χ4v) is 10.0. The molecule has 2 aromatic carbocycles. The Morgan fingerprint density at radius 1 is 0.955 bits per heavy atom. The Morgan fingerprint density at radius 2 is 1.72 bits per heavy atom. The predicted octanol–water partition coefficient (Wildman–Crippen LogP) is 7.09. The summed E-state index contributed by atoms with van der Waals surface area (Å²) in [4.78, 5) is 57.0. The van der Waals surface area contributed by atoms with Gasteiger partial charge < -0.3 is 24.6 Å². The van der Waals surface area contributed by atoms with Crippen molar-refractivity contribution in [3.63, 3.8) is 0 Å². The van der Waals surface area contributed by atoms with Gasteiger partial charge in [-0.25, -0.2) is 4.79 Å². The van der Waals surface area contributed by atoms with Gasteiger partial charge in [-0.2, -0.15) is 0 Å². The number of hydrogen-bond donors (Lipinski definition) is 2. The number of aryl methyl sites for hydroxylation is 4. The molecule has 67 heavy (non-hydrogen) atoms. The van der Waals surface area contributed by atoms with E-state index in [1.807, 2.05) is 86.9 Å². The second kappa shape index (κ2) is 18.7. The van der Waals surface area contributed by atoms with Crippen LogP contribution in [0.5, 0.6) is 5.75 Å². The Hall–Kier alpha value is -7.02. The number of ether oxygens (including phenoxy) is 2. The van der Waals surface area contributed by atoms with Gasteiger partial charge in [-0.3, -0.25) is 38.3 Å². The van der Waals surface area contributed by atoms with E-state index < -0.39 is 17.8 Å². The van der Waals surface area contributed by atoms with E-state index in [9.17, 15) is 14.4 Å². The highest BCUT2D eigenvalue weighted by atomic mass is 35.5. The fraction of sp³-hybridized carbons (Fsp3) is 0.312. The number of amides is 2. The van der Waals surface area contributed by atoms with Crippen LogP contribution in [0.2, 0.25) is 5.02 Å². The van der Waals surface area contributed by atoms with E-state index in [1.54, 1.807) is 35.4 Å². The molecular weight excluding hydrogens is 894 g/mol. The van der Waals surface area contributed by atoms with Gasteiger partial charge in [0.05, 0.1) is 78.2 Å². The molecule has 1 unspecified atom stereocenters. The van der Waals surface area contributed by atoms with Crippen molar-refractivity contribution < 1.29 is 23.6 Å². The molecule has 344 valence electrons. The number of aromatic nitrogens is 8. The molecule has 2 atom stereocenters. The molecule has 17 nitrogen and oxygen atoms in total. The zero-order valence-electron chi connectivity index (χ0n) is 38.0. The van der Waals surface area contributed by atoms with Crippen molar-refractivity contribution >= 4 is 62.4 Å². The standard InChI is InChI=1S/C48H48ClN11O6S/c1-25-29(5)67-47-42(25)44(31-11-13-32(49)14-12-31)54-37(46-56-55-30(6)60(46)47)22-40(61)51-16-18-65-19-17-52-41(62)24-58-38-23-53-36-20-34(43-26(2)57-66-28(43)4)39(64-7)21-33(36)45(38)59(48(58)63)27(3)35-10-8-9-15-50-35/h8-15,20-21,23,27,37H,16-19,22,24H2,1-7H3,(H,51,61)(H,52,62)/t27?,37-/m0/s1. The first-order chi connectivity index (χ1) is 32.3. The number of rotatable bonds is 15. The molecule has 0 spiro atoms. The van der Waals surface area contributed by atoms with Crippen LogP contribution >= 0.6 is 22.9 Å². The Kier molecular flexibility index (Phi) is 12.6. The van der Waals surface area contributed by atoms with Crippen LogP contribution in [0.25, 0.3) is 38.1 Å². The Balaban J connectivity index is 0.857. The molecule has 0 saturated carbocycles. The Morgan fingerprint density at radius 3 is 2.42 bits per heavy atom. The van der Waals surface area contributed by atoms with Crippen LogP contribution < -0.4 is 21.1 Å². The lowest BCUT2D eigenvalue weighted by molar-refractivity contribution is -0.122. The second-order valence-electron chi connectivity index (χ2n) is 16.4. The van der Waals surface area contributed by atoms with E-state index in [4.69, 9.17) is 35.6 Å².